The molecule has 1 saturated carbocycles. The zero-order valence-corrected chi connectivity index (χ0v) is 13.0. The van der Waals surface area contributed by atoms with Crippen LogP contribution in [0.2, 0.25) is 0 Å². The van der Waals surface area contributed by atoms with Crippen LogP contribution in [-0.2, 0) is 14.8 Å². The van der Waals surface area contributed by atoms with E-state index in [2.05, 4.69) is 9.46 Å². The van der Waals surface area contributed by atoms with Crippen LogP contribution in [0.3, 0.4) is 0 Å². The van der Waals surface area contributed by atoms with Crippen molar-refractivity contribution in [3.63, 3.8) is 0 Å². The number of aliphatic hydroxyl groups excluding tert-OH is 1. The topological polar surface area (TPSA) is 92.7 Å². The van der Waals surface area contributed by atoms with Crippen LogP contribution in [-0.4, -0.2) is 38.7 Å². The van der Waals surface area contributed by atoms with Crippen LogP contribution in [0.25, 0.3) is 0 Å². The van der Waals surface area contributed by atoms with Gasteiger partial charge in [0.15, 0.2) is 0 Å². The second kappa shape index (κ2) is 5.40. The Morgan fingerprint density at radius 2 is 2.00 bits per heavy atom. The van der Waals surface area contributed by atoms with Gasteiger partial charge in [0.1, 0.15) is 0 Å². The number of benzene rings is 1. The SMILES string of the molecule is COC(=O)c1ccccc1S(=O)(=O)NC1CC(O)C1(C)C. The van der Waals surface area contributed by atoms with Gasteiger partial charge in [0.2, 0.25) is 10.0 Å². The van der Waals surface area contributed by atoms with Crippen molar-refractivity contribution in [1.82, 2.24) is 4.72 Å². The number of aliphatic hydroxyl groups is 1. The molecule has 2 N–H and O–H groups in total. The van der Waals surface area contributed by atoms with Crippen molar-refractivity contribution in [3.05, 3.63) is 29.8 Å². The summed E-state index contributed by atoms with van der Waals surface area (Å²) in [5.41, 5.74) is -0.544. The molecule has 0 radical (unpaired) electrons. The van der Waals surface area contributed by atoms with Gasteiger partial charge in [-0.15, -0.1) is 0 Å². The maximum atomic E-state index is 12.5. The quantitative estimate of drug-likeness (QED) is 0.806. The fourth-order valence-electron chi connectivity index (χ4n) is 2.33. The maximum Gasteiger partial charge on any atom is 0.339 e. The molecule has 2 atom stereocenters. The number of sulfonamides is 1. The number of rotatable bonds is 4. The van der Waals surface area contributed by atoms with E-state index >= 15 is 0 Å². The van der Waals surface area contributed by atoms with Gasteiger partial charge in [0.25, 0.3) is 0 Å². The van der Waals surface area contributed by atoms with Gasteiger partial charge in [0, 0.05) is 11.5 Å². The molecule has 1 aliphatic rings. The van der Waals surface area contributed by atoms with Crippen LogP contribution < -0.4 is 4.72 Å². The molecule has 2 rings (SSSR count). The highest BCUT2D eigenvalue weighted by Gasteiger charge is 2.49. The summed E-state index contributed by atoms with van der Waals surface area (Å²) in [4.78, 5) is 11.6. The molecule has 0 aliphatic heterocycles. The predicted octanol–water partition coefficient (Wildman–Crippen LogP) is 0.911. The molecule has 0 amide bonds. The fraction of sp³-hybridized carbons (Fsp3) is 0.500. The van der Waals surface area contributed by atoms with E-state index in [1.54, 1.807) is 26.0 Å². The molecule has 116 valence electrons. The second-order valence-electron chi connectivity index (χ2n) is 5.73. The standard InChI is InChI=1S/C14H19NO5S/c1-14(2)11(8-12(14)16)15-21(18,19)10-7-5-4-6-9(10)13(17)20-3/h4-7,11-12,15-16H,8H2,1-3H3. The average Bonchev–Trinajstić information content (AvgIpc) is 2.46. The predicted molar refractivity (Wildman–Crippen MR) is 76.3 cm³/mol. The van der Waals surface area contributed by atoms with Gasteiger partial charge in [-0.1, -0.05) is 26.0 Å². The minimum Gasteiger partial charge on any atom is -0.465 e. The zero-order chi connectivity index (χ0) is 15.8. The molecule has 0 spiro atoms. The van der Waals surface area contributed by atoms with E-state index < -0.39 is 27.5 Å². The van der Waals surface area contributed by atoms with E-state index in [4.69, 9.17) is 0 Å². The summed E-state index contributed by atoms with van der Waals surface area (Å²) in [6, 6.07) is 5.50. The highest BCUT2D eigenvalue weighted by atomic mass is 32.2. The van der Waals surface area contributed by atoms with Crippen molar-refractivity contribution in [1.29, 1.82) is 0 Å². The fourth-order valence-corrected chi connectivity index (χ4v) is 3.93. The number of nitrogens with one attached hydrogen (secondary N) is 1. The Morgan fingerprint density at radius 1 is 1.38 bits per heavy atom. The first kappa shape index (κ1) is 15.9. The Kier molecular flexibility index (Phi) is 4.10. The van der Waals surface area contributed by atoms with Crippen molar-refractivity contribution in [2.45, 2.75) is 37.3 Å². The normalized spacial score (nSPS) is 24.2. The molecule has 7 heteroatoms. The molecule has 0 heterocycles. The Balaban J connectivity index is 2.31. The van der Waals surface area contributed by atoms with Crippen molar-refractivity contribution in [2.75, 3.05) is 7.11 Å². The van der Waals surface area contributed by atoms with Gasteiger partial charge in [-0.25, -0.2) is 17.9 Å². The Hall–Kier alpha value is -1.44. The van der Waals surface area contributed by atoms with Crippen molar-refractivity contribution < 1.29 is 23.1 Å². The lowest BCUT2D eigenvalue weighted by molar-refractivity contribution is -0.0645. The third kappa shape index (κ3) is 2.81. The smallest absolute Gasteiger partial charge is 0.339 e. The van der Waals surface area contributed by atoms with Crippen LogP contribution in [0.15, 0.2) is 29.2 Å². The van der Waals surface area contributed by atoms with E-state index in [0.717, 1.165) is 0 Å². The molecule has 1 aromatic rings. The first-order valence-electron chi connectivity index (χ1n) is 6.58. The minimum atomic E-state index is -3.86. The van der Waals surface area contributed by atoms with Gasteiger partial charge in [-0.2, -0.15) is 0 Å². The van der Waals surface area contributed by atoms with Gasteiger partial charge in [0.05, 0.1) is 23.7 Å². The zero-order valence-electron chi connectivity index (χ0n) is 12.2. The monoisotopic (exact) mass is 313 g/mol. The van der Waals surface area contributed by atoms with Crippen LogP contribution in [0.4, 0.5) is 0 Å². The summed E-state index contributed by atoms with van der Waals surface area (Å²) in [6.45, 7) is 3.58. The molecule has 1 aliphatic carbocycles. The summed E-state index contributed by atoms with van der Waals surface area (Å²) in [6.07, 6.45) is -0.187. The minimum absolute atomic E-state index is 0.00909. The van der Waals surface area contributed by atoms with E-state index in [9.17, 15) is 18.3 Å². The number of methoxy groups -OCH3 is 1. The Bertz CT molecular complexity index is 653. The highest BCUT2D eigenvalue weighted by Crippen LogP contribution is 2.41. The van der Waals surface area contributed by atoms with Crippen LogP contribution in [0.1, 0.15) is 30.6 Å². The lowest BCUT2D eigenvalue weighted by atomic mass is 9.65. The summed E-state index contributed by atoms with van der Waals surface area (Å²) in [5.74, 6) is -0.705. The molecule has 2 unspecified atom stereocenters. The van der Waals surface area contributed by atoms with Crippen LogP contribution >= 0.6 is 0 Å². The lowest BCUT2D eigenvalue weighted by Gasteiger charge is -2.49. The summed E-state index contributed by atoms with van der Waals surface area (Å²) in [5, 5.41) is 9.69. The third-order valence-corrected chi connectivity index (χ3v) is 5.63. The number of hydrogen-bond donors (Lipinski definition) is 2. The van der Waals surface area contributed by atoms with Gasteiger partial charge in [-0.3, -0.25) is 0 Å². The number of hydrogen-bond acceptors (Lipinski definition) is 5. The van der Waals surface area contributed by atoms with Crippen molar-refractivity contribution >= 4 is 16.0 Å². The lowest BCUT2D eigenvalue weighted by Crippen LogP contribution is -2.61. The first-order valence-corrected chi connectivity index (χ1v) is 8.06. The maximum absolute atomic E-state index is 12.5. The molecule has 0 saturated heterocycles. The third-order valence-electron chi connectivity index (χ3n) is 4.10. The Morgan fingerprint density at radius 3 is 2.52 bits per heavy atom. The molecular formula is C14H19NO5S. The molecule has 1 aromatic carbocycles. The van der Waals surface area contributed by atoms with Gasteiger partial charge < -0.3 is 9.84 Å². The number of esters is 1. The summed E-state index contributed by atoms with van der Waals surface area (Å²) < 4.78 is 32.1. The van der Waals surface area contributed by atoms with E-state index in [-0.39, 0.29) is 16.5 Å². The number of ether oxygens (including phenoxy) is 1. The highest BCUT2D eigenvalue weighted by molar-refractivity contribution is 7.89. The molecule has 21 heavy (non-hydrogen) atoms. The summed E-state index contributed by atoms with van der Waals surface area (Å²) >= 11 is 0. The van der Waals surface area contributed by atoms with E-state index in [1.807, 2.05) is 0 Å². The molecule has 6 nitrogen and oxygen atoms in total. The van der Waals surface area contributed by atoms with E-state index in [1.165, 1.54) is 19.2 Å². The molecule has 1 fully saturated rings. The molecule has 0 aromatic heterocycles. The van der Waals surface area contributed by atoms with Crippen molar-refractivity contribution in [3.8, 4) is 0 Å². The van der Waals surface area contributed by atoms with Gasteiger partial charge >= 0.3 is 5.97 Å². The number of carbonyl (C=O) groups is 1. The average molecular weight is 313 g/mol. The second-order valence-corrected chi connectivity index (χ2v) is 7.42. The molecule has 0 bridgehead atoms. The van der Waals surface area contributed by atoms with E-state index in [0.29, 0.717) is 6.42 Å². The summed E-state index contributed by atoms with van der Waals surface area (Å²) in [7, 11) is -2.66. The number of carbonyl (C=O) groups excluding carboxylic acids is 1. The molecular weight excluding hydrogens is 294 g/mol. The van der Waals surface area contributed by atoms with Crippen LogP contribution in [0, 0.1) is 5.41 Å². The largest absolute Gasteiger partial charge is 0.465 e. The Labute approximate surface area is 124 Å². The van der Waals surface area contributed by atoms with Crippen molar-refractivity contribution in [2.24, 2.45) is 5.41 Å². The van der Waals surface area contributed by atoms with Crippen LogP contribution in [0.5, 0.6) is 0 Å². The first-order chi connectivity index (χ1) is 9.70. The van der Waals surface area contributed by atoms with Gasteiger partial charge in [-0.05, 0) is 18.6 Å².